The highest BCUT2D eigenvalue weighted by Crippen LogP contribution is 2.25. The largest absolute Gasteiger partial charge is 0.508 e. The van der Waals surface area contributed by atoms with Crippen molar-refractivity contribution in [1.82, 2.24) is 5.32 Å². The Kier molecular flexibility index (Phi) is 5.35. The zero-order chi connectivity index (χ0) is 19.4. The van der Waals surface area contributed by atoms with E-state index < -0.39 is 23.5 Å². The molecule has 1 heterocycles. The molecule has 0 bridgehead atoms. The van der Waals surface area contributed by atoms with Gasteiger partial charge in [0.15, 0.2) is 0 Å². The molecule has 7 nitrogen and oxygen atoms in total. The van der Waals surface area contributed by atoms with Crippen LogP contribution in [0.3, 0.4) is 0 Å². The number of benzene rings is 2. The van der Waals surface area contributed by atoms with E-state index in [0.717, 1.165) is 0 Å². The summed E-state index contributed by atoms with van der Waals surface area (Å²) in [6.45, 7) is -0.0831. The summed E-state index contributed by atoms with van der Waals surface area (Å²) in [5, 5.41) is 14.4. The monoisotopic (exact) mass is 371 g/mol. The second-order valence-corrected chi connectivity index (χ2v) is 6.20. The van der Waals surface area contributed by atoms with Gasteiger partial charge in [0.2, 0.25) is 17.7 Å². The Morgan fingerprint density at radius 1 is 1.19 bits per heavy atom. The molecule has 0 unspecified atom stereocenters. The van der Waals surface area contributed by atoms with Crippen LogP contribution in [0.15, 0.2) is 48.5 Å². The molecule has 0 aromatic heterocycles. The number of anilines is 2. The van der Waals surface area contributed by atoms with E-state index in [0.29, 0.717) is 11.4 Å². The standard InChI is InChI=1S/C19H18FN3O4/c20-13-4-6-15(7-5-13)23-11-12(8-18(23)26)19(27)21-10-17(25)22-14-2-1-3-16(24)9-14/h1-7,9,12,24H,8,10-11H2,(H,21,27)(H,22,25)/t12-/m1/s1. The van der Waals surface area contributed by atoms with Crippen molar-refractivity contribution >= 4 is 29.1 Å². The maximum absolute atomic E-state index is 13.0. The maximum atomic E-state index is 13.0. The fourth-order valence-corrected chi connectivity index (χ4v) is 2.85. The zero-order valence-corrected chi connectivity index (χ0v) is 14.3. The van der Waals surface area contributed by atoms with Gasteiger partial charge in [-0.05, 0) is 36.4 Å². The third-order valence-corrected chi connectivity index (χ3v) is 4.19. The minimum atomic E-state index is -0.587. The molecule has 140 valence electrons. The van der Waals surface area contributed by atoms with Gasteiger partial charge in [-0.15, -0.1) is 0 Å². The average molecular weight is 371 g/mol. The van der Waals surface area contributed by atoms with Gasteiger partial charge in [-0.25, -0.2) is 4.39 Å². The van der Waals surface area contributed by atoms with Gasteiger partial charge in [0.05, 0.1) is 12.5 Å². The van der Waals surface area contributed by atoms with E-state index in [-0.39, 0.29) is 31.2 Å². The van der Waals surface area contributed by atoms with Gasteiger partial charge in [-0.1, -0.05) is 6.07 Å². The summed E-state index contributed by atoms with van der Waals surface area (Å²) in [6, 6.07) is 11.5. The average Bonchev–Trinajstić information content (AvgIpc) is 3.02. The molecule has 3 N–H and O–H groups in total. The number of halogens is 1. The van der Waals surface area contributed by atoms with Crippen LogP contribution in [0.4, 0.5) is 15.8 Å². The van der Waals surface area contributed by atoms with Crippen molar-refractivity contribution in [3.8, 4) is 5.75 Å². The van der Waals surface area contributed by atoms with Crippen LogP contribution in [-0.4, -0.2) is 35.9 Å². The first kappa shape index (κ1) is 18.4. The fourth-order valence-electron chi connectivity index (χ4n) is 2.85. The normalized spacial score (nSPS) is 16.3. The summed E-state index contributed by atoms with van der Waals surface area (Å²) in [7, 11) is 0. The van der Waals surface area contributed by atoms with E-state index in [1.165, 1.54) is 41.3 Å². The molecule has 1 aliphatic heterocycles. The summed E-state index contributed by atoms with van der Waals surface area (Å²) in [5.41, 5.74) is 0.936. The number of hydrogen-bond acceptors (Lipinski definition) is 4. The summed E-state index contributed by atoms with van der Waals surface area (Å²) in [5.74, 6) is -2.06. The SMILES string of the molecule is O=C(CNC(=O)[C@@H]1CC(=O)N(c2ccc(F)cc2)C1)Nc1cccc(O)c1. The molecule has 2 aromatic carbocycles. The molecule has 1 atom stereocenters. The highest BCUT2D eigenvalue weighted by molar-refractivity contribution is 6.01. The Morgan fingerprint density at radius 2 is 1.93 bits per heavy atom. The van der Waals surface area contributed by atoms with Crippen molar-refractivity contribution in [1.29, 1.82) is 0 Å². The number of aromatic hydroxyl groups is 1. The summed E-state index contributed by atoms with van der Waals surface area (Å²) in [4.78, 5) is 37.7. The van der Waals surface area contributed by atoms with Crippen LogP contribution >= 0.6 is 0 Å². The Labute approximate surface area is 154 Å². The number of amides is 3. The van der Waals surface area contributed by atoms with Gasteiger partial charge in [0.25, 0.3) is 0 Å². The van der Waals surface area contributed by atoms with E-state index in [1.54, 1.807) is 12.1 Å². The van der Waals surface area contributed by atoms with Crippen LogP contribution in [0, 0.1) is 11.7 Å². The predicted molar refractivity (Wildman–Crippen MR) is 96.6 cm³/mol. The quantitative estimate of drug-likeness (QED) is 0.744. The number of carbonyl (C=O) groups excluding carboxylic acids is 3. The lowest BCUT2D eigenvalue weighted by Gasteiger charge is -2.16. The van der Waals surface area contributed by atoms with E-state index in [2.05, 4.69) is 10.6 Å². The molecule has 0 radical (unpaired) electrons. The number of carbonyl (C=O) groups is 3. The van der Waals surface area contributed by atoms with Crippen molar-refractivity contribution < 1.29 is 23.9 Å². The Morgan fingerprint density at radius 3 is 2.63 bits per heavy atom. The molecule has 3 amide bonds. The van der Waals surface area contributed by atoms with Crippen molar-refractivity contribution in [2.24, 2.45) is 5.92 Å². The van der Waals surface area contributed by atoms with Crippen LogP contribution < -0.4 is 15.5 Å². The molecular formula is C19H18FN3O4. The fraction of sp³-hybridized carbons (Fsp3) is 0.211. The number of phenolic OH excluding ortho intramolecular Hbond substituents is 1. The molecule has 27 heavy (non-hydrogen) atoms. The van der Waals surface area contributed by atoms with Crippen LogP contribution in [0.1, 0.15) is 6.42 Å². The molecule has 0 saturated carbocycles. The number of phenols is 1. The molecule has 1 fully saturated rings. The lowest BCUT2D eigenvalue weighted by Crippen LogP contribution is -2.37. The van der Waals surface area contributed by atoms with Gasteiger partial charge in [-0.2, -0.15) is 0 Å². The second-order valence-electron chi connectivity index (χ2n) is 6.20. The van der Waals surface area contributed by atoms with Gasteiger partial charge in [0, 0.05) is 30.4 Å². The van der Waals surface area contributed by atoms with Crippen LogP contribution in [0.5, 0.6) is 5.75 Å². The van der Waals surface area contributed by atoms with Crippen molar-refractivity contribution in [2.45, 2.75) is 6.42 Å². The smallest absolute Gasteiger partial charge is 0.243 e. The lowest BCUT2D eigenvalue weighted by molar-refractivity contribution is -0.127. The zero-order valence-electron chi connectivity index (χ0n) is 14.3. The Balaban J connectivity index is 1.52. The summed E-state index contributed by atoms with van der Waals surface area (Å²) >= 11 is 0. The van der Waals surface area contributed by atoms with Crippen LogP contribution in [0.2, 0.25) is 0 Å². The van der Waals surface area contributed by atoms with Gasteiger partial charge in [-0.3, -0.25) is 14.4 Å². The third kappa shape index (κ3) is 4.60. The molecule has 0 aliphatic carbocycles. The van der Waals surface area contributed by atoms with Crippen LogP contribution in [0.25, 0.3) is 0 Å². The van der Waals surface area contributed by atoms with E-state index in [9.17, 15) is 23.9 Å². The van der Waals surface area contributed by atoms with E-state index in [4.69, 9.17) is 0 Å². The Hall–Kier alpha value is -3.42. The number of rotatable bonds is 5. The van der Waals surface area contributed by atoms with Gasteiger partial charge < -0.3 is 20.6 Å². The maximum Gasteiger partial charge on any atom is 0.243 e. The van der Waals surface area contributed by atoms with Gasteiger partial charge in [0.1, 0.15) is 11.6 Å². The van der Waals surface area contributed by atoms with Gasteiger partial charge >= 0.3 is 0 Å². The molecule has 1 saturated heterocycles. The third-order valence-electron chi connectivity index (χ3n) is 4.19. The highest BCUT2D eigenvalue weighted by Gasteiger charge is 2.35. The number of nitrogens with one attached hydrogen (secondary N) is 2. The molecule has 0 spiro atoms. The van der Waals surface area contributed by atoms with E-state index >= 15 is 0 Å². The minimum absolute atomic E-state index is 0.0159. The first-order valence-electron chi connectivity index (χ1n) is 8.35. The molecule has 3 rings (SSSR count). The molecule has 1 aliphatic rings. The van der Waals surface area contributed by atoms with Crippen molar-refractivity contribution in [3.63, 3.8) is 0 Å². The lowest BCUT2D eigenvalue weighted by atomic mass is 10.1. The summed E-state index contributed by atoms with van der Waals surface area (Å²) < 4.78 is 13.0. The van der Waals surface area contributed by atoms with Crippen molar-refractivity contribution in [2.75, 3.05) is 23.3 Å². The predicted octanol–water partition coefficient (Wildman–Crippen LogP) is 1.64. The highest BCUT2D eigenvalue weighted by atomic mass is 19.1. The van der Waals surface area contributed by atoms with E-state index in [1.807, 2.05) is 0 Å². The molecule has 8 heteroatoms. The van der Waals surface area contributed by atoms with Crippen molar-refractivity contribution in [3.05, 3.63) is 54.3 Å². The molecule has 2 aromatic rings. The Bertz CT molecular complexity index is 870. The summed E-state index contributed by atoms with van der Waals surface area (Å²) in [6.07, 6.45) is 0.0252. The molecular weight excluding hydrogens is 353 g/mol. The topological polar surface area (TPSA) is 98.7 Å². The first-order valence-corrected chi connectivity index (χ1v) is 8.35. The number of hydrogen-bond donors (Lipinski definition) is 3. The second kappa shape index (κ2) is 7.86. The van der Waals surface area contributed by atoms with Crippen LogP contribution in [-0.2, 0) is 14.4 Å². The first-order chi connectivity index (χ1) is 12.9. The number of nitrogens with zero attached hydrogens (tertiary/aromatic N) is 1. The minimum Gasteiger partial charge on any atom is -0.508 e.